The summed E-state index contributed by atoms with van der Waals surface area (Å²) in [5.41, 5.74) is 5.64. The normalized spacial score (nSPS) is 15.1. The van der Waals surface area contributed by atoms with E-state index in [4.69, 9.17) is 5.73 Å². The van der Waals surface area contributed by atoms with E-state index in [0.717, 1.165) is 30.2 Å². The molecular formula is C38H77N. The summed E-state index contributed by atoms with van der Waals surface area (Å²) in [4.78, 5) is 0. The van der Waals surface area contributed by atoms with Crippen molar-refractivity contribution >= 4 is 0 Å². The molecule has 2 N–H and O–H groups in total. The lowest BCUT2D eigenvalue weighted by atomic mass is 9.70. The Morgan fingerprint density at radius 3 is 1.44 bits per heavy atom. The molecule has 4 unspecified atom stereocenters. The average molecular weight is 548 g/mol. The summed E-state index contributed by atoms with van der Waals surface area (Å²) in [5.74, 6) is 3.35. The number of hydrogen-bond acceptors (Lipinski definition) is 1. The largest absolute Gasteiger partial charge is 0.330 e. The van der Waals surface area contributed by atoms with E-state index in [2.05, 4.69) is 46.8 Å². The lowest BCUT2D eigenvalue weighted by molar-refractivity contribution is 0.182. The molecule has 0 fully saturated rings. The summed E-state index contributed by atoms with van der Waals surface area (Å²) in [6, 6.07) is 0. The van der Waals surface area contributed by atoms with Gasteiger partial charge in [-0.25, -0.2) is 0 Å². The first-order valence-electron chi connectivity index (χ1n) is 18.5. The van der Waals surface area contributed by atoms with Crippen LogP contribution in [0, 0.1) is 23.7 Å². The number of unbranched alkanes of at least 4 members (excludes halogenated alkanes) is 19. The minimum atomic E-state index is 0.783. The number of nitrogens with two attached hydrogens (primary N) is 1. The SMILES string of the molecule is CCCCC/C=C/C(C(C)CCCCC)C(CCCCCCCCCC)C(C)CCCCCCCCCCN. The van der Waals surface area contributed by atoms with Gasteiger partial charge in [0.05, 0.1) is 0 Å². The monoisotopic (exact) mass is 548 g/mol. The molecule has 234 valence electrons. The number of allylic oxidation sites excluding steroid dienone is 2. The maximum atomic E-state index is 5.64. The predicted octanol–water partition coefficient (Wildman–Crippen LogP) is 13.2. The van der Waals surface area contributed by atoms with Crippen molar-refractivity contribution in [2.45, 2.75) is 202 Å². The van der Waals surface area contributed by atoms with Crippen molar-refractivity contribution in [3.63, 3.8) is 0 Å². The van der Waals surface area contributed by atoms with Crippen molar-refractivity contribution in [1.82, 2.24) is 0 Å². The molecule has 0 aromatic carbocycles. The van der Waals surface area contributed by atoms with Crippen molar-refractivity contribution in [2.75, 3.05) is 6.54 Å². The lowest BCUT2D eigenvalue weighted by Gasteiger charge is -2.35. The van der Waals surface area contributed by atoms with E-state index in [1.54, 1.807) is 0 Å². The van der Waals surface area contributed by atoms with Gasteiger partial charge >= 0.3 is 0 Å². The van der Waals surface area contributed by atoms with Crippen molar-refractivity contribution < 1.29 is 0 Å². The Kier molecular flexibility index (Phi) is 30.4. The Bertz CT molecular complexity index is 483. The quantitative estimate of drug-likeness (QED) is 0.0677. The van der Waals surface area contributed by atoms with Crippen LogP contribution < -0.4 is 5.73 Å². The van der Waals surface area contributed by atoms with Crippen LogP contribution in [0.15, 0.2) is 12.2 Å². The molecule has 1 nitrogen and oxygen atoms in total. The van der Waals surface area contributed by atoms with Gasteiger partial charge in [-0.15, -0.1) is 0 Å². The van der Waals surface area contributed by atoms with Crippen LogP contribution in [0.5, 0.6) is 0 Å². The van der Waals surface area contributed by atoms with Crippen LogP contribution in [0.2, 0.25) is 0 Å². The van der Waals surface area contributed by atoms with E-state index in [0.29, 0.717) is 0 Å². The zero-order valence-corrected chi connectivity index (χ0v) is 28.1. The summed E-state index contributed by atoms with van der Waals surface area (Å²) < 4.78 is 0. The van der Waals surface area contributed by atoms with Crippen LogP contribution in [0.1, 0.15) is 202 Å². The van der Waals surface area contributed by atoms with E-state index < -0.39 is 0 Å². The molecule has 0 saturated carbocycles. The van der Waals surface area contributed by atoms with Gasteiger partial charge in [0.1, 0.15) is 0 Å². The molecule has 0 bridgehead atoms. The first-order valence-corrected chi connectivity index (χ1v) is 18.5. The molecule has 0 saturated heterocycles. The van der Waals surface area contributed by atoms with Gasteiger partial charge in [-0.2, -0.15) is 0 Å². The zero-order chi connectivity index (χ0) is 28.8. The van der Waals surface area contributed by atoms with E-state index >= 15 is 0 Å². The Labute approximate surface area is 249 Å². The molecule has 0 heterocycles. The second-order valence-electron chi connectivity index (χ2n) is 13.3. The van der Waals surface area contributed by atoms with Gasteiger partial charge in [0.25, 0.3) is 0 Å². The van der Waals surface area contributed by atoms with Gasteiger partial charge in [-0.05, 0) is 55.9 Å². The topological polar surface area (TPSA) is 26.0 Å². The third kappa shape index (κ3) is 24.0. The Hall–Kier alpha value is -0.300. The molecule has 0 aromatic heterocycles. The highest BCUT2D eigenvalue weighted by atomic mass is 14.5. The van der Waals surface area contributed by atoms with Crippen molar-refractivity contribution in [1.29, 1.82) is 0 Å². The van der Waals surface area contributed by atoms with Crippen LogP contribution in [0.25, 0.3) is 0 Å². The molecule has 0 aromatic rings. The molecule has 4 atom stereocenters. The second-order valence-corrected chi connectivity index (χ2v) is 13.3. The lowest BCUT2D eigenvalue weighted by Crippen LogP contribution is -2.26. The van der Waals surface area contributed by atoms with Crippen molar-refractivity contribution in [3.05, 3.63) is 12.2 Å². The zero-order valence-electron chi connectivity index (χ0n) is 28.1. The van der Waals surface area contributed by atoms with E-state index in [9.17, 15) is 0 Å². The summed E-state index contributed by atoms with van der Waals surface area (Å²) in [5, 5.41) is 0. The van der Waals surface area contributed by atoms with Gasteiger partial charge in [-0.3, -0.25) is 0 Å². The average Bonchev–Trinajstić information content (AvgIpc) is 2.94. The minimum absolute atomic E-state index is 0.783. The Morgan fingerprint density at radius 1 is 0.462 bits per heavy atom. The highest BCUT2D eigenvalue weighted by Gasteiger charge is 2.28. The fourth-order valence-corrected chi connectivity index (χ4v) is 6.68. The van der Waals surface area contributed by atoms with Crippen molar-refractivity contribution in [2.24, 2.45) is 29.4 Å². The van der Waals surface area contributed by atoms with Crippen LogP contribution in [0.4, 0.5) is 0 Å². The number of hydrogen-bond donors (Lipinski definition) is 1. The third-order valence-corrected chi connectivity index (χ3v) is 9.48. The summed E-state index contributed by atoms with van der Waals surface area (Å²) >= 11 is 0. The summed E-state index contributed by atoms with van der Waals surface area (Å²) in [6.45, 7) is 13.1. The van der Waals surface area contributed by atoms with Crippen molar-refractivity contribution in [3.8, 4) is 0 Å². The molecule has 0 amide bonds. The first-order chi connectivity index (χ1) is 19.1. The van der Waals surface area contributed by atoms with Gasteiger partial charge in [0, 0.05) is 0 Å². The van der Waals surface area contributed by atoms with E-state index in [1.165, 1.54) is 167 Å². The highest BCUT2D eigenvalue weighted by Crippen LogP contribution is 2.38. The molecule has 0 aliphatic carbocycles. The molecule has 0 rings (SSSR count). The predicted molar refractivity (Wildman–Crippen MR) is 181 cm³/mol. The van der Waals surface area contributed by atoms with E-state index in [-0.39, 0.29) is 0 Å². The fourth-order valence-electron chi connectivity index (χ4n) is 6.68. The van der Waals surface area contributed by atoms with Crippen LogP contribution in [0.3, 0.4) is 0 Å². The van der Waals surface area contributed by atoms with Gasteiger partial charge in [-0.1, -0.05) is 188 Å². The standard InChI is InChI=1S/C38H77N/c1-6-9-12-14-15-19-23-28-33-38(36(5)31-26-22-18-16-17-20-24-29-34-39)37(32-27-21-13-10-7-2)35(4)30-25-11-8-3/h27,32,35-38H,6-26,28-31,33-34,39H2,1-5H3/b32-27+. The molecule has 0 radical (unpaired) electrons. The maximum Gasteiger partial charge on any atom is -0.00773 e. The van der Waals surface area contributed by atoms with Gasteiger partial charge < -0.3 is 5.73 Å². The first kappa shape index (κ1) is 38.7. The molecule has 39 heavy (non-hydrogen) atoms. The Morgan fingerprint density at radius 2 is 0.872 bits per heavy atom. The molecular weight excluding hydrogens is 470 g/mol. The van der Waals surface area contributed by atoms with Crippen LogP contribution in [-0.4, -0.2) is 6.54 Å². The highest BCUT2D eigenvalue weighted by molar-refractivity contribution is 4.95. The summed E-state index contributed by atoms with van der Waals surface area (Å²) in [7, 11) is 0. The molecule has 1 heteroatoms. The second kappa shape index (κ2) is 30.7. The van der Waals surface area contributed by atoms with Gasteiger partial charge in [0.15, 0.2) is 0 Å². The molecule has 0 aliphatic rings. The van der Waals surface area contributed by atoms with E-state index in [1.807, 2.05) is 0 Å². The van der Waals surface area contributed by atoms with Crippen LogP contribution >= 0.6 is 0 Å². The minimum Gasteiger partial charge on any atom is -0.330 e. The van der Waals surface area contributed by atoms with Crippen LogP contribution in [-0.2, 0) is 0 Å². The molecule has 0 spiro atoms. The fraction of sp³-hybridized carbons (Fsp3) is 0.947. The number of rotatable bonds is 31. The summed E-state index contributed by atoms with van der Waals surface area (Å²) in [6.07, 6.45) is 41.8. The third-order valence-electron chi connectivity index (χ3n) is 9.48. The van der Waals surface area contributed by atoms with Gasteiger partial charge in [0.2, 0.25) is 0 Å². The maximum absolute atomic E-state index is 5.64. The molecule has 0 aliphatic heterocycles. The smallest absolute Gasteiger partial charge is 0.00773 e. The Balaban J connectivity index is 5.00.